The van der Waals surface area contributed by atoms with Crippen molar-refractivity contribution in [3.05, 3.63) is 66.4 Å². The lowest BCUT2D eigenvalue weighted by molar-refractivity contribution is 0.210. The van der Waals surface area contributed by atoms with Gasteiger partial charge in [0.25, 0.3) is 0 Å². The van der Waals surface area contributed by atoms with Gasteiger partial charge >= 0.3 is 6.09 Å². The lowest BCUT2D eigenvalue weighted by Crippen LogP contribution is -2.29. The van der Waals surface area contributed by atoms with Crippen molar-refractivity contribution in [2.75, 3.05) is 11.5 Å². The molecule has 0 aliphatic heterocycles. The number of hydrogen-bond acceptors (Lipinski definition) is 4. The number of carbonyl (C=O) groups is 1. The van der Waals surface area contributed by atoms with Crippen molar-refractivity contribution < 1.29 is 14.3 Å². The summed E-state index contributed by atoms with van der Waals surface area (Å²) in [5.74, 6) is 1.69. The van der Waals surface area contributed by atoms with Gasteiger partial charge in [-0.15, -0.1) is 0 Å². The highest BCUT2D eigenvalue weighted by Gasteiger charge is 2.22. The van der Waals surface area contributed by atoms with Crippen LogP contribution in [0.5, 0.6) is 11.5 Å². The summed E-state index contributed by atoms with van der Waals surface area (Å²) in [6.45, 7) is 4.42. The molecule has 3 rings (SSSR count). The van der Waals surface area contributed by atoms with Crippen molar-refractivity contribution >= 4 is 17.6 Å². The van der Waals surface area contributed by atoms with Crippen LogP contribution in [-0.4, -0.2) is 22.9 Å². The molecule has 2 aromatic carbocycles. The van der Waals surface area contributed by atoms with Crippen LogP contribution in [0.1, 0.15) is 12.5 Å². The zero-order chi connectivity index (χ0) is 17.6. The van der Waals surface area contributed by atoms with Gasteiger partial charge in [0.1, 0.15) is 17.3 Å². The minimum atomic E-state index is -0.540. The predicted octanol–water partition coefficient (Wildman–Crippen LogP) is 4.45. The van der Waals surface area contributed by atoms with E-state index in [1.165, 1.54) is 4.90 Å². The lowest BCUT2D eigenvalue weighted by Gasteiger charge is -2.21. The maximum absolute atomic E-state index is 12.8. The Hall–Kier alpha value is -3.28. The molecule has 0 saturated carbocycles. The molecule has 0 radical (unpaired) electrons. The normalized spacial score (nSPS) is 10.3. The van der Waals surface area contributed by atoms with Gasteiger partial charge in [-0.05, 0) is 37.6 Å². The lowest BCUT2D eigenvalue weighted by atomic mass is 10.2. The maximum Gasteiger partial charge on any atom is 0.425 e. The number of ether oxygens (including phenoxy) is 2. The Morgan fingerprint density at radius 1 is 1.16 bits per heavy atom. The van der Waals surface area contributed by atoms with Gasteiger partial charge in [0.2, 0.25) is 0 Å². The molecule has 6 heteroatoms. The van der Waals surface area contributed by atoms with Crippen LogP contribution in [0.3, 0.4) is 0 Å². The number of aromatic amines is 1. The molecule has 128 valence electrons. The molecular formula is C19H19N3O3. The van der Waals surface area contributed by atoms with E-state index in [9.17, 15) is 4.79 Å². The third kappa shape index (κ3) is 3.80. The SMILES string of the molecule is CCOc1cc(N(C(=O)Oc2ccccc2)c2ccn[nH]2)ccc1C. The fourth-order valence-corrected chi connectivity index (χ4v) is 2.39. The van der Waals surface area contributed by atoms with Gasteiger partial charge in [0, 0.05) is 12.1 Å². The van der Waals surface area contributed by atoms with Gasteiger partial charge in [-0.1, -0.05) is 24.3 Å². The monoisotopic (exact) mass is 337 g/mol. The van der Waals surface area contributed by atoms with E-state index in [4.69, 9.17) is 9.47 Å². The van der Waals surface area contributed by atoms with E-state index in [1.807, 2.05) is 50.2 Å². The fourth-order valence-electron chi connectivity index (χ4n) is 2.39. The van der Waals surface area contributed by atoms with Gasteiger partial charge in [-0.25, -0.2) is 9.69 Å². The number of nitrogens with one attached hydrogen (secondary N) is 1. The number of para-hydroxylation sites is 1. The smallest absolute Gasteiger partial charge is 0.425 e. The van der Waals surface area contributed by atoms with Crippen LogP contribution in [0.2, 0.25) is 0 Å². The largest absolute Gasteiger partial charge is 0.494 e. The van der Waals surface area contributed by atoms with E-state index in [0.29, 0.717) is 23.9 Å². The number of aryl methyl sites for hydroxylation is 1. The topological polar surface area (TPSA) is 67.4 Å². The van der Waals surface area contributed by atoms with Crippen LogP contribution in [0.25, 0.3) is 0 Å². The highest BCUT2D eigenvalue weighted by atomic mass is 16.6. The number of rotatable bonds is 5. The molecule has 6 nitrogen and oxygen atoms in total. The van der Waals surface area contributed by atoms with E-state index in [0.717, 1.165) is 11.3 Å². The first-order valence-electron chi connectivity index (χ1n) is 7.99. The van der Waals surface area contributed by atoms with Gasteiger partial charge in [0.15, 0.2) is 0 Å². The quantitative estimate of drug-likeness (QED) is 0.747. The van der Waals surface area contributed by atoms with Crippen molar-refractivity contribution in [2.24, 2.45) is 0 Å². The van der Waals surface area contributed by atoms with Crippen molar-refractivity contribution in [3.63, 3.8) is 0 Å². The molecule has 0 fully saturated rings. The van der Waals surface area contributed by atoms with Crippen LogP contribution >= 0.6 is 0 Å². The second-order valence-electron chi connectivity index (χ2n) is 5.34. The first kappa shape index (κ1) is 16.6. The van der Waals surface area contributed by atoms with Crippen LogP contribution in [0.4, 0.5) is 16.3 Å². The zero-order valence-electron chi connectivity index (χ0n) is 14.1. The number of benzene rings is 2. The highest BCUT2D eigenvalue weighted by Crippen LogP contribution is 2.30. The minimum absolute atomic E-state index is 0.467. The van der Waals surface area contributed by atoms with E-state index in [-0.39, 0.29) is 0 Å². The Bertz CT molecular complexity index is 832. The van der Waals surface area contributed by atoms with Crippen molar-refractivity contribution in [1.29, 1.82) is 0 Å². The highest BCUT2D eigenvalue weighted by molar-refractivity contribution is 5.96. The Morgan fingerprint density at radius 3 is 2.64 bits per heavy atom. The molecule has 1 heterocycles. The molecule has 25 heavy (non-hydrogen) atoms. The van der Waals surface area contributed by atoms with Crippen LogP contribution in [0.15, 0.2) is 60.8 Å². The number of H-pyrrole nitrogens is 1. The third-order valence-electron chi connectivity index (χ3n) is 3.59. The molecule has 0 aliphatic rings. The van der Waals surface area contributed by atoms with E-state index in [1.54, 1.807) is 24.4 Å². The molecular weight excluding hydrogens is 318 g/mol. The minimum Gasteiger partial charge on any atom is -0.494 e. The van der Waals surface area contributed by atoms with Gasteiger partial charge in [-0.2, -0.15) is 5.10 Å². The van der Waals surface area contributed by atoms with E-state index < -0.39 is 6.09 Å². The Labute approximate surface area is 146 Å². The molecule has 0 bridgehead atoms. The van der Waals surface area contributed by atoms with Crippen molar-refractivity contribution in [2.45, 2.75) is 13.8 Å². The molecule has 0 unspecified atom stereocenters. The summed E-state index contributed by atoms with van der Waals surface area (Å²) < 4.78 is 11.1. The first-order valence-corrected chi connectivity index (χ1v) is 7.99. The fraction of sp³-hybridized carbons (Fsp3) is 0.158. The molecule has 1 N–H and O–H groups in total. The van der Waals surface area contributed by atoms with Gasteiger partial charge < -0.3 is 9.47 Å². The number of nitrogens with zero attached hydrogens (tertiary/aromatic N) is 2. The molecule has 0 spiro atoms. The second-order valence-corrected chi connectivity index (χ2v) is 5.34. The summed E-state index contributed by atoms with van der Waals surface area (Å²) in [4.78, 5) is 14.2. The maximum atomic E-state index is 12.8. The number of aromatic nitrogens is 2. The van der Waals surface area contributed by atoms with Crippen LogP contribution in [0, 0.1) is 6.92 Å². The molecule has 0 aliphatic carbocycles. The zero-order valence-corrected chi connectivity index (χ0v) is 14.1. The third-order valence-corrected chi connectivity index (χ3v) is 3.59. The van der Waals surface area contributed by atoms with Gasteiger partial charge in [0.05, 0.1) is 18.5 Å². The number of anilines is 2. The van der Waals surface area contributed by atoms with Crippen LogP contribution in [-0.2, 0) is 0 Å². The summed E-state index contributed by atoms with van der Waals surface area (Å²) in [6.07, 6.45) is 1.04. The summed E-state index contributed by atoms with van der Waals surface area (Å²) in [5, 5.41) is 6.73. The Kier molecular flexibility index (Phi) is 4.99. The van der Waals surface area contributed by atoms with Crippen LogP contribution < -0.4 is 14.4 Å². The second kappa shape index (κ2) is 7.53. The summed E-state index contributed by atoms with van der Waals surface area (Å²) in [7, 11) is 0. The van der Waals surface area contributed by atoms with E-state index >= 15 is 0 Å². The summed E-state index contributed by atoms with van der Waals surface area (Å²) >= 11 is 0. The molecule has 0 saturated heterocycles. The summed E-state index contributed by atoms with van der Waals surface area (Å²) in [6, 6.07) is 16.2. The molecule has 3 aromatic rings. The predicted molar refractivity (Wildman–Crippen MR) is 95.5 cm³/mol. The molecule has 1 aromatic heterocycles. The number of hydrogen-bond donors (Lipinski definition) is 1. The van der Waals surface area contributed by atoms with Crippen molar-refractivity contribution in [3.8, 4) is 11.5 Å². The number of amides is 1. The standard InChI is InChI=1S/C19H19N3O3/c1-3-24-17-13-15(10-9-14(17)2)22(18-11-12-20-21-18)19(23)25-16-7-5-4-6-8-16/h4-13H,3H2,1-2H3,(H,20,21). The average molecular weight is 337 g/mol. The average Bonchev–Trinajstić information content (AvgIpc) is 3.13. The summed E-state index contributed by atoms with van der Waals surface area (Å²) in [5.41, 5.74) is 1.62. The molecule has 0 atom stereocenters. The molecule has 1 amide bonds. The number of carbonyl (C=O) groups excluding carboxylic acids is 1. The first-order chi connectivity index (χ1) is 12.2. The van der Waals surface area contributed by atoms with Gasteiger partial charge in [-0.3, -0.25) is 5.10 Å². The Morgan fingerprint density at radius 2 is 1.96 bits per heavy atom. The Balaban J connectivity index is 1.96. The van der Waals surface area contributed by atoms with Crippen molar-refractivity contribution in [1.82, 2.24) is 10.2 Å². The van der Waals surface area contributed by atoms with E-state index in [2.05, 4.69) is 10.2 Å².